The molecule has 1 aromatic rings. The van der Waals surface area contributed by atoms with Gasteiger partial charge >= 0.3 is 0 Å². The molecule has 13 heavy (non-hydrogen) atoms. The molecule has 0 spiro atoms. The van der Waals surface area contributed by atoms with E-state index in [1.165, 1.54) is 0 Å². The highest BCUT2D eigenvalue weighted by Crippen LogP contribution is 1.97. The average Bonchev–Trinajstić information content (AvgIpc) is 2.07. The molecule has 0 aliphatic heterocycles. The van der Waals surface area contributed by atoms with Crippen LogP contribution in [0.25, 0.3) is 0 Å². The molecular weight excluding hydrogens is 164 g/mol. The van der Waals surface area contributed by atoms with Gasteiger partial charge in [-0.1, -0.05) is 13.8 Å². The van der Waals surface area contributed by atoms with Crippen LogP contribution in [0.1, 0.15) is 39.4 Å². The normalized spacial score (nSPS) is 9.38. The van der Waals surface area contributed by atoms with Crippen LogP contribution >= 0.6 is 0 Å². The molecule has 0 saturated heterocycles. The maximum atomic E-state index is 11.2. The zero-order valence-electron chi connectivity index (χ0n) is 9.03. The van der Waals surface area contributed by atoms with Gasteiger partial charge < -0.3 is 0 Å². The van der Waals surface area contributed by atoms with E-state index in [2.05, 4.69) is 4.98 Å². The van der Waals surface area contributed by atoms with Crippen LogP contribution in [0.15, 0.2) is 17.2 Å². The Morgan fingerprint density at radius 3 is 2.31 bits per heavy atom. The smallest absolute Gasteiger partial charge is 0.253 e. The zero-order chi connectivity index (χ0) is 10.4. The minimum Gasteiger partial charge on any atom is -0.297 e. The summed E-state index contributed by atoms with van der Waals surface area (Å²) < 4.78 is 1.60. The summed E-state index contributed by atoms with van der Waals surface area (Å²) in [6.07, 6.45) is 1.59. The van der Waals surface area contributed by atoms with Crippen LogP contribution in [-0.2, 0) is 0 Å². The largest absolute Gasteiger partial charge is 0.297 e. The van der Waals surface area contributed by atoms with Gasteiger partial charge in [-0.05, 0) is 20.8 Å². The van der Waals surface area contributed by atoms with Gasteiger partial charge in [0.1, 0.15) is 0 Å². The van der Waals surface area contributed by atoms with Crippen LogP contribution in [0.3, 0.4) is 0 Å². The molecule has 3 nitrogen and oxygen atoms in total. The number of nitrogens with zero attached hydrogens (tertiary/aromatic N) is 2. The molecule has 0 N–H and O–H groups in total. The Hall–Kier alpha value is -1.12. The topological polar surface area (TPSA) is 34.9 Å². The van der Waals surface area contributed by atoms with Crippen molar-refractivity contribution in [2.45, 2.75) is 40.7 Å². The standard InChI is InChI=1S/C8H12N2O.C2H6/c1-6(2)10-5-9-7(3)4-8(10)11;1-2/h4-6H,1-3H3;1-2H3. The van der Waals surface area contributed by atoms with Crippen molar-refractivity contribution in [1.29, 1.82) is 0 Å². The van der Waals surface area contributed by atoms with Crippen molar-refractivity contribution >= 4 is 0 Å². The molecule has 1 aromatic heterocycles. The Morgan fingerprint density at radius 2 is 1.92 bits per heavy atom. The number of rotatable bonds is 1. The van der Waals surface area contributed by atoms with Crippen LogP contribution in [0.5, 0.6) is 0 Å². The van der Waals surface area contributed by atoms with Gasteiger partial charge in [-0.3, -0.25) is 9.36 Å². The van der Waals surface area contributed by atoms with Gasteiger partial charge in [0.2, 0.25) is 0 Å². The van der Waals surface area contributed by atoms with Gasteiger partial charge in [0.15, 0.2) is 0 Å². The maximum absolute atomic E-state index is 11.2. The summed E-state index contributed by atoms with van der Waals surface area (Å²) in [4.78, 5) is 15.2. The summed E-state index contributed by atoms with van der Waals surface area (Å²) in [5.74, 6) is 0. The van der Waals surface area contributed by atoms with Crippen molar-refractivity contribution < 1.29 is 0 Å². The van der Waals surface area contributed by atoms with E-state index in [4.69, 9.17) is 0 Å². The van der Waals surface area contributed by atoms with E-state index in [-0.39, 0.29) is 11.6 Å². The van der Waals surface area contributed by atoms with Crippen molar-refractivity contribution in [3.05, 3.63) is 28.4 Å². The van der Waals surface area contributed by atoms with Crippen molar-refractivity contribution in [3.63, 3.8) is 0 Å². The second kappa shape index (κ2) is 5.51. The molecule has 0 aromatic carbocycles. The quantitative estimate of drug-likeness (QED) is 0.667. The van der Waals surface area contributed by atoms with Gasteiger partial charge in [-0.25, -0.2) is 4.98 Å². The van der Waals surface area contributed by atoms with Gasteiger partial charge in [-0.15, -0.1) is 0 Å². The van der Waals surface area contributed by atoms with E-state index < -0.39 is 0 Å². The molecule has 0 atom stereocenters. The lowest BCUT2D eigenvalue weighted by Gasteiger charge is -2.07. The zero-order valence-corrected chi connectivity index (χ0v) is 9.03. The van der Waals surface area contributed by atoms with E-state index in [1.54, 1.807) is 17.0 Å². The van der Waals surface area contributed by atoms with Crippen LogP contribution in [-0.4, -0.2) is 9.55 Å². The fourth-order valence-electron chi connectivity index (χ4n) is 0.888. The number of hydrogen-bond donors (Lipinski definition) is 0. The maximum Gasteiger partial charge on any atom is 0.253 e. The fraction of sp³-hybridized carbons (Fsp3) is 0.600. The molecule has 0 saturated carbocycles. The Balaban J connectivity index is 0.000000671. The third-order valence-corrected chi connectivity index (χ3v) is 1.53. The first-order valence-corrected chi connectivity index (χ1v) is 4.66. The van der Waals surface area contributed by atoms with Crippen LogP contribution < -0.4 is 5.56 Å². The second-order valence-electron chi connectivity index (χ2n) is 2.87. The average molecular weight is 182 g/mol. The van der Waals surface area contributed by atoms with Gasteiger partial charge in [0, 0.05) is 17.8 Å². The van der Waals surface area contributed by atoms with E-state index in [0.717, 1.165) is 5.69 Å². The molecule has 0 unspecified atom stereocenters. The minimum atomic E-state index is 0.0208. The first kappa shape index (κ1) is 11.9. The van der Waals surface area contributed by atoms with Gasteiger partial charge in [0.05, 0.1) is 6.33 Å². The lowest BCUT2D eigenvalue weighted by Crippen LogP contribution is -2.21. The van der Waals surface area contributed by atoms with Crippen LogP contribution in [0.4, 0.5) is 0 Å². The predicted octanol–water partition coefficient (Wildman–Crippen LogP) is 2.16. The van der Waals surface area contributed by atoms with E-state index in [9.17, 15) is 4.79 Å². The van der Waals surface area contributed by atoms with E-state index in [0.29, 0.717) is 0 Å². The number of aryl methyl sites for hydroxylation is 1. The molecule has 0 aliphatic rings. The van der Waals surface area contributed by atoms with E-state index >= 15 is 0 Å². The monoisotopic (exact) mass is 182 g/mol. The molecule has 0 fully saturated rings. The van der Waals surface area contributed by atoms with Gasteiger partial charge in [0.25, 0.3) is 5.56 Å². The summed E-state index contributed by atoms with van der Waals surface area (Å²) in [6.45, 7) is 9.73. The highest BCUT2D eigenvalue weighted by atomic mass is 16.1. The Kier molecular flexibility index (Phi) is 5.04. The van der Waals surface area contributed by atoms with E-state index in [1.807, 2.05) is 34.6 Å². The number of hydrogen-bond acceptors (Lipinski definition) is 2. The van der Waals surface area contributed by atoms with Gasteiger partial charge in [-0.2, -0.15) is 0 Å². The van der Waals surface area contributed by atoms with Crippen LogP contribution in [0, 0.1) is 6.92 Å². The highest BCUT2D eigenvalue weighted by molar-refractivity contribution is 4.96. The third-order valence-electron chi connectivity index (χ3n) is 1.53. The highest BCUT2D eigenvalue weighted by Gasteiger charge is 1.99. The fourth-order valence-corrected chi connectivity index (χ4v) is 0.888. The third kappa shape index (κ3) is 3.40. The van der Waals surface area contributed by atoms with Crippen molar-refractivity contribution in [2.75, 3.05) is 0 Å². The number of aromatic nitrogens is 2. The Labute approximate surface area is 79.4 Å². The molecule has 74 valence electrons. The lowest BCUT2D eigenvalue weighted by molar-refractivity contribution is 0.565. The first-order valence-electron chi connectivity index (χ1n) is 4.66. The second-order valence-corrected chi connectivity index (χ2v) is 2.87. The first-order chi connectivity index (χ1) is 6.11. The lowest BCUT2D eigenvalue weighted by atomic mass is 10.4. The summed E-state index contributed by atoms with van der Waals surface area (Å²) >= 11 is 0. The molecule has 0 amide bonds. The molecule has 1 rings (SSSR count). The SMILES string of the molecule is CC.Cc1cc(=O)n(C(C)C)cn1. The Morgan fingerprint density at radius 1 is 1.38 bits per heavy atom. The summed E-state index contributed by atoms with van der Waals surface area (Å²) in [6, 6.07) is 1.73. The molecule has 3 heteroatoms. The van der Waals surface area contributed by atoms with Crippen molar-refractivity contribution in [2.24, 2.45) is 0 Å². The molecular formula is C10H18N2O. The Bertz CT molecular complexity index is 302. The molecule has 1 heterocycles. The van der Waals surface area contributed by atoms with Crippen molar-refractivity contribution in [1.82, 2.24) is 9.55 Å². The summed E-state index contributed by atoms with van der Waals surface area (Å²) in [7, 11) is 0. The predicted molar refractivity (Wildman–Crippen MR) is 55.0 cm³/mol. The van der Waals surface area contributed by atoms with Crippen molar-refractivity contribution in [3.8, 4) is 0 Å². The molecule has 0 bridgehead atoms. The minimum absolute atomic E-state index is 0.0208. The summed E-state index contributed by atoms with van der Waals surface area (Å²) in [5.41, 5.74) is 0.791. The molecule has 0 radical (unpaired) electrons. The van der Waals surface area contributed by atoms with Crippen LogP contribution in [0.2, 0.25) is 0 Å². The molecule has 0 aliphatic carbocycles. The summed E-state index contributed by atoms with van der Waals surface area (Å²) in [5, 5.41) is 0.